The highest BCUT2D eigenvalue weighted by atomic mass is 16.5. The first-order chi connectivity index (χ1) is 12.0. The van der Waals surface area contributed by atoms with Crippen LogP contribution in [0.5, 0.6) is 5.75 Å². The second kappa shape index (κ2) is 7.38. The lowest BCUT2D eigenvalue weighted by Crippen LogP contribution is -2.25. The number of carbonyl (C=O) groups is 2. The third-order valence-electron chi connectivity index (χ3n) is 4.32. The summed E-state index contributed by atoms with van der Waals surface area (Å²) in [7, 11) is 0. The molecule has 0 spiro atoms. The van der Waals surface area contributed by atoms with Crippen molar-refractivity contribution in [2.45, 2.75) is 26.7 Å². The lowest BCUT2D eigenvalue weighted by Gasteiger charge is -2.15. The molecule has 0 fully saturated rings. The Balaban J connectivity index is 1.54. The van der Waals surface area contributed by atoms with E-state index in [9.17, 15) is 9.59 Å². The van der Waals surface area contributed by atoms with E-state index in [0.29, 0.717) is 13.2 Å². The number of para-hydroxylation sites is 1. The van der Waals surface area contributed by atoms with Gasteiger partial charge in [-0.3, -0.25) is 9.59 Å². The molecule has 2 aromatic carbocycles. The van der Waals surface area contributed by atoms with Crippen LogP contribution in [0.2, 0.25) is 0 Å². The van der Waals surface area contributed by atoms with E-state index in [1.54, 1.807) is 11.8 Å². The molecule has 0 saturated heterocycles. The Morgan fingerprint density at radius 1 is 1.20 bits per heavy atom. The molecule has 0 aliphatic carbocycles. The number of hydrogen-bond acceptors (Lipinski definition) is 3. The SMILES string of the molecule is CC(=O)N1CCc2cc(NC(=O)CCOc3ccccc3C)ccc21. The van der Waals surface area contributed by atoms with Crippen LogP contribution >= 0.6 is 0 Å². The predicted octanol–water partition coefficient (Wildman–Crippen LogP) is 3.31. The molecule has 1 aliphatic rings. The monoisotopic (exact) mass is 338 g/mol. The van der Waals surface area contributed by atoms with Gasteiger partial charge in [-0.05, 0) is 48.7 Å². The van der Waals surface area contributed by atoms with Crippen molar-refractivity contribution in [2.75, 3.05) is 23.4 Å². The highest BCUT2D eigenvalue weighted by Gasteiger charge is 2.22. The third kappa shape index (κ3) is 3.99. The van der Waals surface area contributed by atoms with Gasteiger partial charge in [0.15, 0.2) is 0 Å². The van der Waals surface area contributed by atoms with Crippen molar-refractivity contribution in [3.63, 3.8) is 0 Å². The number of rotatable bonds is 5. The molecule has 0 bridgehead atoms. The molecule has 0 unspecified atom stereocenters. The molecule has 5 heteroatoms. The number of carbonyl (C=O) groups excluding carboxylic acids is 2. The van der Waals surface area contributed by atoms with E-state index >= 15 is 0 Å². The lowest BCUT2D eigenvalue weighted by molar-refractivity contribution is -0.117. The van der Waals surface area contributed by atoms with Gasteiger partial charge in [-0.15, -0.1) is 0 Å². The minimum absolute atomic E-state index is 0.0453. The van der Waals surface area contributed by atoms with Crippen molar-refractivity contribution in [2.24, 2.45) is 0 Å². The smallest absolute Gasteiger partial charge is 0.227 e. The quantitative estimate of drug-likeness (QED) is 0.910. The first-order valence-corrected chi connectivity index (χ1v) is 8.44. The van der Waals surface area contributed by atoms with Crippen molar-refractivity contribution in [1.29, 1.82) is 0 Å². The van der Waals surface area contributed by atoms with Crippen LogP contribution in [0.25, 0.3) is 0 Å². The summed E-state index contributed by atoms with van der Waals surface area (Å²) >= 11 is 0. The summed E-state index contributed by atoms with van der Waals surface area (Å²) in [6.07, 6.45) is 1.10. The Morgan fingerprint density at radius 2 is 2.00 bits per heavy atom. The van der Waals surface area contributed by atoms with Crippen molar-refractivity contribution in [3.05, 3.63) is 53.6 Å². The van der Waals surface area contributed by atoms with E-state index in [-0.39, 0.29) is 18.2 Å². The van der Waals surface area contributed by atoms with Crippen molar-refractivity contribution in [1.82, 2.24) is 0 Å². The second-order valence-electron chi connectivity index (χ2n) is 6.18. The summed E-state index contributed by atoms with van der Waals surface area (Å²) in [5, 5.41) is 2.89. The van der Waals surface area contributed by atoms with Gasteiger partial charge in [0.25, 0.3) is 0 Å². The molecule has 0 aromatic heterocycles. The standard InChI is InChI=1S/C20H22N2O3/c1-14-5-3-4-6-19(14)25-12-10-20(24)21-17-7-8-18-16(13-17)9-11-22(18)15(2)23/h3-8,13H,9-12H2,1-2H3,(H,21,24). The van der Waals surface area contributed by atoms with Crippen LogP contribution < -0.4 is 15.0 Å². The zero-order valence-electron chi connectivity index (χ0n) is 14.5. The third-order valence-corrected chi connectivity index (χ3v) is 4.32. The van der Waals surface area contributed by atoms with E-state index in [0.717, 1.165) is 34.7 Å². The Bertz CT molecular complexity index is 801. The molecule has 2 aromatic rings. The van der Waals surface area contributed by atoms with Crippen molar-refractivity contribution in [3.8, 4) is 5.75 Å². The molecule has 5 nitrogen and oxygen atoms in total. The molecule has 1 aliphatic heterocycles. The molecule has 2 amide bonds. The highest BCUT2D eigenvalue weighted by Crippen LogP contribution is 2.30. The minimum Gasteiger partial charge on any atom is -0.493 e. The average Bonchev–Trinajstić information content (AvgIpc) is 3.00. The highest BCUT2D eigenvalue weighted by molar-refractivity contribution is 5.95. The lowest BCUT2D eigenvalue weighted by atomic mass is 10.1. The van der Waals surface area contributed by atoms with E-state index in [2.05, 4.69) is 5.32 Å². The number of nitrogens with zero attached hydrogens (tertiary/aromatic N) is 1. The molecular weight excluding hydrogens is 316 g/mol. The first-order valence-electron chi connectivity index (χ1n) is 8.44. The fourth-order valence-corrected chi connectivity index (χ4v) is 3.00. The van der Waals surface area contributed by atoms with Gasteiger partial charge in [0.2, 0.25) is 11.8 Å². The minimum atomic E-state index is -0.0880. The van der Waals surface area contributed by atoms with Gasteiger partial charge in [0.1, 0.15) is 5.75 Å². The number of anilines is 2. The number of fused-ring (bicyclic) bond motifs is 1. The zero-order valence-corrected chi connectivity index (χ0v) is 14.5. The van der Waals surface area contributed by atoms with Gasteiger partial charge in [-0.2, -0.15) is 0 Å². The summed E-state index contributed by atoms with van der Waals surface area (Å²) in [6, 6.07) is 13.4. The Morgan fingerprint density at radius 3 is 2.76 bits per heavy atom. The Hall–Kier alpha value is -2.82. The maximum absolute atomic E-state index is 12.1. The van der Waals surface area contributed by atoms with Gasteiger partial charge in [-0.25, -0.2) is 0 Å². The van der Waals surface area contributed by atoms with E-state index in [1.165, 1.54) is 0 Å². The van der Waals surface area contributed by atoms with Gasteiger partial charge in [-0.1, -0.05) is 18.2 Å². The average molecular weight is 338 g/mol. The number of amides is 2. The van der Waals surface area contributed by atoms with Crippen LogP contribution in [0, 0.1) is 6.92 Å². The summed E-state index contributed by atoms with van der Waals surface area (Å²) in [4.78, 5) is 25.4. The second-order valence-corrected chi connectivity index (χ2v) is 6.18. The number of benzene rings is 2. The van der Waals surface area contributed by atoms with Crippen LogP contribution in [0.4, 0.5) is 11.4 Å². The summed E-state index contributed by atoms with van der Waals surface area (Å²) < 4.78 is 5.65. The predicted molar refractivity (Wildman–Crippen MR) is 98.1 cm³/mol. The fourth-order valence-electron chi connectivity index (χ4n) is 3.00. The molecule has 0 atom stereocenters. The van der Waals surface area contributed by atoms with Crippen molar-refractivity contribution >= 4 is 23.2 Å². The van der Waals surface area contributed by atoms with E-state index in [4.69, 9.17) is 4.74 Å². The normalized spacial score (nSPS) is 12.6. The Labute approximate surface area is 147 Å². The van der Waals surface area contributed by atoms with Gasteiger partial charge >= 0.3 is 0 Å². The van der Waals surface area contributed by atoms with Crippen LogP contribution in [-0.4, -0.2) is 25.0 Å². The zero-order chi connectivity index (χ0) is 17.8. The summed E-state index contributed by atoms with van der Waals surface area (Å²) in [5.74, 6) is 0.760. The van der Waals surface area contributed by atoms with Crippen LogP contribution in [-0.2, 0) is 16.0 Å². The molecule has 0 radical (unpaired) electrons. The molecule has 3 rings (SSSR count). The number of aryl methyl sites for hydroxylation is 1. The first kappa shape index (κ1) is 17.0. The van der Waals surface area contributed by atoms with Gasteiger partial charge < -0.3 is 15.0 Å². The van der Waals surface area contributed by atoms with E-state index in [1.807, 2.05) is 49.4 Å². The molecule has 25 heavy (non-hydrogen) atoms. The maximum Gasteiger partial charge on any atom is 0.227 e. The number of hydrogen-bond donors (Lipinski definition) is 1. The summed E-state index contributed by atoms with van der Waals surface area (Å²) in [6.45, 7) is 4.58. The molecular formula is C20H22N2O3. The van der Waals surface area contributed by atoms with Crippen molar-refractivity contribution < 1.29 is 14.3 Å². The molecule has 1 N–H and O–H groups in total. The van der Waals surface area contributed by atoms with Gasteiger partial charge in [0.05, 0.1) is 13.0 Å². The molecule has 130 valence electrons. The number of ether oxygens (including phenoxy) is 1. The summed E-state index contributed by atoms with van der Waals surface area (Å²) in [5.41, 5.74) is 3.83. The van der Waals surface area contributed by atoms with Crippen LogP contribution in [0.15, 0.2) is 42.5 Å². The van der Waals surface area contributed by atoms with Gasteiger partial charge in [0, 0.05) is 24.8 Å². The van der Waals surface area contributed by atoms with Crippen LogP contribution in [0.3, 0.4) is 0 Å². The fraction of sp³-hybridized carbons (Fsp3) is 0.300. The van der Waals surface area contributed by atoms with Crippen LogP contribution in [0.1, 0.15) is 24.5 Å². The molecule has 1 heterocycles. The number of nitrogens with one attached hydrogen (secondary N) is 1. The topological polar surface area (TPSA) is 58.6 Å². The maximum atomic E-state index is 12.1. The van der Waals surface area contributed by atoms with E-state index < -0.39 is 0 Å². The Kier molecular flexibility index (Phi) is 5.03. The largest absolute Gasteiger partial charge is 0.493 e. The molecule has 0 saturated carbocycles.